The van der Waals surface area contributed by atoms with E-state index in [-0.39, 0.29) is 17.6 Å². The quantitative estimate of drug-likeness (QED) is 0.755. The second-order valence-corrected chi connectivity index (χ2v) is 4.70. The molecule has 3 atom stereocenters. The Morgan fingerprint density at radius 1 is 1.20 bits per heavy atom. The number of rotatable bonds is 1. The van der Waals surface area contributed by atoms with Crippen LogP contribution in [0, 0.1) is 11.8 Å². The van der Waals surface area contributed by atoms with Gasteiger partial charge < -0.3 is 5.11 Å². The standard InChI is InChI=1S/C13H14O2/c14-12-9-6-7-11(8-9)13(12,15)10-4-2-1-3-5-10/h1-5,9,11,15H,6-8H2. The molecule has 2 heteroatoms. The lowest BCUT2D eigenvalue weighted by molar-refractivity contribution is -0.143. The zero-order chi connectivity index (χ0) is 10.5. The Kier molecular flexibility index (Phi) is 1.77. The first kappa shape index (κ1) is 9.10. The van der Waals surface area contributed by atoms with Crippen molar-refractivity contribution in [1.82, 2.24) is 0 Å². The number of benzene rings is 1. The van der Waals surface area contributed by atoms with Crippen LogP contribution >= 0.6 is 0 Å². The van der Waals surface area contributed by atoms with E-state index < -0.39 is 5.60 Å². The van der Waals surface area contributed by atoms with Gasteiger partial charge in [0.15, 0.2) is 11.4 Å². The maximum absolute atomic E-state index is 12.0. The molecule has 2 aliphatic rings. The molecule has 0 saturated heterocycles. The second kappa shape index (κ2) is 2.92. The van der Waals surface area contributed by atoms with Crippen molar-refractivity contribution in [2.45, 2.75) is 24.9 Å². The number of carbonyl (C=O) groups excluding carboxylic acids is 1. The summed E-state index contributed by atoms with van der Waals surface area (Å²) in [5, 5.41) is 10.6. The van der Waals surface area contributed by atoms with Crippen LogP contribution < -0.4 is 0 Å². The maximum Gasteiger partial charge on any atom is 0.172 e. The Balaban J connectivity index is 2.08. The van der Waals surface area contributed by atoms with Gasteiger partial charge in [-0.25, -0.2) is 0 Å². The summed E-state index contributed by atoms with van der Waals surface area (Å²) >= 11 is 0. The summed E-state index contributed by atoms with van der Waals surface area (Å²) in [6.45, 7) is 0. The van der Waals surface area contributed by atoms with E-state index in [0.717, 1.165) is 24.8 Å². The van der Waals surface area contributed by atoms with Gasteiger partial charge >= 0.3 is 0 Å². The number of hydrogen-bond donors (Lipinski definition) is 1. The van der Waals surface area contributed by atoms with E-state index in [2.05, 4.69) is 0 Å². The third kappa shape index (κ3) is 1.06. The van der Waals surface area contributed by atoms with Crippen molar-refractivity contribution in [3.05, 3.63) is 35.9 Å². The molecule has 2 nitrogen and oxygen atoms in total. The SMILES string of the molecule is O=C1C2CCC(C2)C1(O)c1ccccc1. The second-order valence-electron chi connectivity index (χ2n) is 4.70. The first-order valence-electron chi connectivity index (χ1n) is 5.55. The Labute approximate surface area is 88.9 Å². The minimum atomic E-state index is -1.18. The van der Waals surface area contributed by atoms with E-state index in [1.165, 1.54) is 0 Å². The fraction of sp³-hybridized carbons (Fsp3) is 0.462. The predicted molar refractivity (Wildman–Crippen MR) is 56.2 cm³/mol. The number of carbonyl (C=O) groups is 1. The molecule has 1 aromatic carbocycles. The van der Waals surface area contributed by atoms with E-state index in [0.29, 0.717) is 0 Å². The van der Waals surface area contributed by atoms with Crippen molar-refractivity contribution in [2.75, 3.05) is 0 Å². The van der Waals surface area contributed by atoms with Gasteiger partial charge in [-0.2, -0.15) is 0 Å². The number of ketones is 1. The van der Waals surface area contributed by atoms with Crippen LogP contribution in [-0.4, -0.2) is 10.9 Å². The van der Waals surface area contributed by atoms with Gasteiger partial charge in [0, 0.05) is 5.92 Å². The van der Waals surface area contributed by atoms with Crippen LogP contribution in [0.15, 0.2) is 30.3 Å². The minimum absolute atomic E-state index is 0.0463. The number of aliphatic hydroxyl groups is 1. The van der Waals surface area contributed by atoms with E-state index >= 15 is 0 Å². The molecule has 0 heterocycles. The normalized spacial score (nSPS) is 38.6. The van der Waals surface area contributed by atoms with Gasteiger partial charge in [-0.1, -0.05) is 30.3 Å². The summed E-state index contributed by atoms with van der Waals surface area (Å²) in [4.78, 5) is 12.0. The first-order valence-corrected chi connectivity index (χ1v) is 5.55. The lowest BCUT2D eigenvalue weighted by Gasteiger charge is -2.31. The molecule has 2 fully saturated rings. The number of Topliss-reactive ketones (excluding diaryl/α,β-unsaturated/α-hetero) is 1. The number of hydrogen-bond acceptors (Lipinski definition) is 2. The van der Waals surface area contributed by atoms with Gasteiger partial charge in [0.2, 0.25) is 0 Å². The van der Waals surface area contributed by atoms with E-state index in [1.807, 2.05) is 30.3 Å². The summed E-state index contributed by atoms with van der Waals surface area (Å²) in [6, 6.07) is 9.39. The Bertz CT molecular complexity index is 398. The van der Waals surface area contributed by atoms with Crippen LogP contribution in [0.25, 0.3) is 0 Å². The molecular formula is C13H14O2. The molecule has 3 unspecified atom stereocenters. The molecule has 1 aromatic rings. The average molecular weight is 202 g/mol. The molecule has 0 aliphatic heterocycles. The van der Waals surface area contributed by atoms with Gasteiger partial charge in [0.1, 0.15) is 0 Å². The van der Waals surface area contributed by atoms with Gasteiger partial charge in [-0.3, -0.25) is 4.79 Å². The molecule has 0 spiro atoms. The van der Waals surface area contributed by atoms with Crippen molar-refractivity contribution in [3.63, 3.8) is 0 Å². The zero-order valence-corrected chi connectivity index (χ0v) is 8.52. The average Bonchev–Trinajstić information content (AvgIpc) is 2.84. The summed E-state index contributed by atoms with van der Waals surface area (Å²) in [6.07, 6.45) is 2.84. The Morgan fingerprint density at radius 2 is 1.93 bits per heavy atom. The fourth-order valence-corrected chi connectivity index (χ4v) is 3.18. The van der Waals surface area contributed by atoms with E-state index in [4.69, 9.17) is 0 Å². The Morgan fingerprint density at radius 3 is 2.53 bits per heavy atom. The molecular weight excluding hydrogens is 188 g/mol. The van der Waals surface area contributed by atoms with Crippen molar-refractivity contribution in [1.29, 1.82) is 0 Å². The van der Waals surface area contributed by atoms with Crippen LogP contribution in [-0.2, 0) is 10.4 Å². The van der Waals surface area contributed by atoms with Gasteiger partial charge in [-0.15, -0.1) is 0 Å². The molecule has 0 aromatic heterocycles. The minimum Gasteiger partial charge on any atom is -0.377 e. The molecule has 15 heavy (non-hydrogen) atoms. The van der Waals surface area contributed by atoms with Crippen molar-refractivity contribution in [3.8, 4) is 0 Å². The maximum atomic E-state index is 12.0. The number of fused-ring (bicyclic) bond motifs is 2. The highest BCUT2D eigenvalue weighted by atomic mass is 16.3. The summed E-state index contributed by atoms with van der Waals surface area (Å²) in [5.41, 5.74) is -0.397. The molecule has 2 aliphatic carbocycles. The third-order valence-electron chi connectivity index (χ3n) is 3.98. The largest absolute Gasteiger partial charge is 0.377 e. The lowest BCUT2D eigenvalue weighted by Crippen LogP contribution is -2.40. The van der Waals surface area contributed by atoms with E-state index in [1.54, 1.807) is 0 Å². The molecule has 0 amide bonds. The highest BCUT2D eigenvalue weighted by Gasteiger charge is 2.57. The Hall–Kier alpha value is -1.15. The molecule has 1 N–H and O–H groups in total. The predicted octanol–water partition coefficient (Wildman–Crippen LogP) is 1.87. The molecule has 78 valence electrons. The summed E-state index contributed by atoms with van der Waals surface area (Å²) in [5.74, 6) is 0.308. The highest BCUT2D eigenvalue weighted by molar-refractivity contribution is 5.93. The lowest BCUT2D eigenvalue weighted by atomic mass is 9.78. The van der Waals surface area contributed by atoms with Crippen LogP contribution in [0.5, 0.6) is 0 Å². The molecule has 2 bridgehead atoms. The summed E-state index contributed by atoms with van der Waals surface area (Å²) < 4.78 is 0. The van der Waals surface area contributed by atoms with Gasteiger partial charge in [0.25, 0.3) is 0 Å². The van der Waals surface area contributed by atoms with E-state index in [9.17, 15) is 9.90 Å². The van der Waals surface area contributed by atoms with Crippen LogP contribution in [0.4, 0.5) is 0 Å². The fourth-order valence-electron chi connectivity index (χ4n) is 3.18. The zero-order valence-electron chi connectivity index (χ0n) is 8.52. The van der Waals surface area contributed by atoms with Gasteiger partial charge in [0.05, 0.1) is 0 Å². The smallest absolute Gasteiger partial charge is 0.172 e. The van der Waals surface area contributed by atoms with Crippen LogP contribution in [0.2, 0.25) is 0 Å². The van der Waals surface area contributed by atoms with Crippen molar-refractivity contribution in [2.24, 2.45) is 11.8 Å². The first-order chi connectivity index (χ1) is 7.23. The monoisotopic (exact) mass is 202 g/mol. The van der Waals surface area contributed by atoms with Crippen molar-refractivity contribution >= 4 is 5.78 Å². The topological polar surface area (TPSA) is 37.3 Å². The molecule has 0 radical (unpaired) electrons. The third-order valence-corrected chi connectivity index (χ3v) is 3.98. The van der Waals surface area contributed by atoms with Crippen LogP contribution in [0.3, 0.4) is 0 Å². The summed E-state index contributed by atoms with van der Waals surface area (Å²) in [7, 11) is 0. The van der Waals surface area contributed by atoms with Crippen LogP contribution in [0.1, 0.15) is 24.8 Å². The highest BCUT2D eigenvalue weighted by Crippen LogP contribution is 2.52. The molecule has 2 saturated carbocycles. The van der Waals surface area contributed by atoms with Gasteiger partial charge in [-0.05, 0) is 30.7 Å². The molecule has 3 rings (SSSR count). The van der Waals surface area contributed by atoms with Crippen molar-refractivity contribution < 1.29 is 9.90 Å².